The molecule has 0 aromatic carbocycles. The van der Waals surface area contributed by atoms with E-state index in [1.165, 1.54) is 12.8 Å². The van der Waals surface area contributed by atoms with Crippen molar-refractivity contribution in [3.63, 3.8) is 0 Å². The Balaban J connectivity index is 2.07. The number of carbonyl (C=O) groups is 2. The maximum atomic E-state index is 11.6. The number of rotatable bonds is 7. The monoisotopic (exact) mass is 256 g/mol. The van der Waals surface area contributed by atoms with Gasteiger partial charge in [0.1, 0.15) is 0 Å². The number of nitrogens with one attached hydrogen (secondary N) is 2. The number of carboxylic acid groups (broad SMARTS) is 1. The SMILES string of the molecule is CC(CNC(=O)CCC1CCCCN1)CC(=O)O. The van der Waals surface area contributed by atoms with Crippen LogP contribution >= 0.6 is 0 Å². The van der Waals surface area contributed by atoms with E-state index >= 15 is 0 Å². The molecule has 0 bridgehead atoms. The number of aliphatic carboxylic acids is 1. The molecule has 3 N–H and O–H groups in total. The summed E-state index contributed by atoms with van der Waals surface area (Å²) in [6.07, 6.45) is 5.13. The van der Waals surface area contributed by atoms with Crippen LogP contribution in [-0.4, -0.2) is 36.1 Å². The van der Waals surface area contributed by atoms with E-state index in [2.05, 4.69) is 10.6 Å². The first-order valence-electron chi connectivity index (χ1n) is 6.80. The smallest absolute Gasteiger partial charge is 0.303 e. The summed E-state index contributed by atoms with van der Waals surface area (Å²) >= 11 is 0. The Hall–Kier alpha value is -1.10. The molecule has 1 aliphatic rings. The summed E-state index contributed by atoms with van der Waals surface area (Å²) in [5.74, 6) is -0.804. The molecule has 0 radical (unpaired) electrons. The van der Waals surface area contributed by atoms with Gasteiger partial charge in [-0.1, -0.05) is 13.3 Å². The van der Waals surface area contributed by atoms with Crippen molar-refractivity contribution >= 4 is 11.9 Å². The predicted molar refractivity (Wildman–Crippen MR) is 69.3 cm³/mol. The van der Waals surface area contributed by atoms with E-state index in [1.54, 1.807) is 0 Å². The second kappa shape index (κ2) is 8.08. The summed E-state index contributed by atoms with van der Waals surface area (Å²) in [6.45, 7) is 3.34. The Bertz CT molecular complexity index is 275. The molecule has 18 heavy (non-hydrogen) atoms. The lowest BCUT2D eigenvalue weighted by atomic mass is 10.0. The van der Waals surface area contributed by atoms with Gasteiger partial charge in [0.25, 0.3) is 0 Å². The van der Waals surface area contributed by atoms with Crippen LogP contribution in [-0.2, 0) is 9.59 Å². The van der Waals surface area contributed by atoms with Crippen molar-refractivity contribution in [3.05, 3.63) is 0 Å². The molecule has 5 nitrogen and oxygen atoms in total. The average Bonchev–Trinajstić information content (AvgIpc) is 2.34. The molecule has 1 aliphatic heterocycles. The highest BCUT2D eigenvalue weighted by Gasteiger charge is 2.14. The van der Waals surface area contributed by atoms with Crippen molar-refractivity contribution in [3.8, 4) is 0 Å². The van der Waals surface area contributed by atoms with E-state index in [4.69, 9.17) is 5.11 Å². The molecule has 0 spiro atoms. The molecule has 0 saturated carbocycles. The van der Waals surface area contributed by atoms with Crippen molar-refractivity contribution in [1.82, 2.24) is 10.6 Å². The van der Waals surface area contributed by atoms with Gasteiger partial charge in [-0.3, -0.25) is 9.59 Å². The Morgan fingerprint density at radius 2 is 2.22 bits per heavy atom. The summed E-state index contributed by atoms with van der Waals surface area (Å²) in [7, 11) is 0. The molecule has 1 heterocycles. The van der Waals surface area contributed by atoms with Crippen molar-refractivity contribution in [2.75, 3.05) is 13.1 Å². The minimum Gasteiger partial charge on any atom is -0.481 e. The van der Waals surface area contributed by atoms with Crippen molar-refractivity contribution < 1.29 is 14.7 Å². The second-order valence-corrected chi connectivity index (χ2v) is 5.19. The van der Waals surface area contributed by atoms with E-state index in [1.807, 2.05) is 6.92 Å². The van der Waals surface area contributed by atoms with E-state index in [9.17, 15) is 9.59 Å². The molecule has 1 fully saturated rings. The van der Waals surface area contributed by atoms with E-state index in [0.29, 0.717) is 19.0 Å². The minimum absolute atomic E-state index is 0.0146. The Morgan fingerprint density at radius 3 is 2.83 bits per heavy atom. The summed E-state index contributed by atoms with van der Waals surface area (Å²) in [6, 6.07) is 0.473. The Kier molecular flexibility index (Phi) is 6.72. The zero-order chi connectivity index (χ0) is 13.4. The summed E-state index contributed by atoms with van der Waals surface area (Å²) < 4.78 is 0. The van der Waals surface area contributed by atoms with Crippen LogP contribution in [0.4, 0.5) is 0 Å². The highest BCUT2D eigenvalue weighted by atomic mass is 16.4. The third-order valence-corrected chi connectivity index (χ3v) is 3.30. The first-order valence-corrected chi connectivity index (χ1v) is 6.80. The molecular weight excluding hydrogens is 232 g/mol. The van der Waals surface area contributed by atoms with Gasteiger partial charge >= 0.3 is 5.97 Å². The lowest BCUT2D eigenvalue weighted by Gasteiger charge is -2.23. The van der Waals surface area contributed by atoms with Crippen LogP contribution in [0.5, 0.6) is 0 Å². The van der Waals surface area contributed by atoms with Gasteiger partial charge < -0.3 is 15.7 Å². The fraction of sp³-hybridized carbons (Fsp3) is 0.846. The van der Waals surface area contributed by atoms with Crippen LogP contribution in [0.1, 0.15) is 45.4 Å². The highest BCUT2D eigenvalue weighted by Crippen LogP contribution is 2.11. The van der Waals surface area contributed by atoms with Crippen LogP contribution in [0.25, 0.3) is 0 Å². The Morgan fingerprint density at radius 1 is 1.44 bits per heavy atom. The van der Waals surface area contributed by atoms with Crippen molar-refractivity contribution in [1.29, 1.82) is 0 Å². The van der Waals surface area contributed by atoms with Gasteiger partial charge in [0.2, 0.25) is 5.91 Å². The van der Waals surface area contributed by atoms with Crippen molar-refractivity contribution in [2.24, 2.45) is 5.92 Å². The fourth-order valence-corrected chi connectivity index (χ4v) is 2.22. The van der Waals surface area contributed by atoms with Gasteiger partial charge in [-0.25, -0.2) is 0 Å². The Labute approximate surface area is 108 Å². The zero-order valence-corrected chi connectivity index (χ0v) is 11.1. The van der Waals surface area contributed by atoms with Crippen molar-refractivity contribution in [2.45, 2.75) is 51.5 Å². The summed E-state index contributed by atoms with van der Waals surface area (Å²) in [5.41, 5.74) is 0. The first kappa shape index (κ1) is 15.0. The van der Waals surface area contributed by atoms with Crippen LogP contribution < -0.4 is 10.6 Å². The van der Waals surface area contributed by atoms with Crippen LogP contribution in [0, 0.1) is 5.92 Å². The molecular formula is C13H24N2O3. The molecule has 1 saturated heterocycles. The molecule has 0 aliphatic carbocycles. The molecule has 104 valence electrons. The van der Waals surface area contributed by atoms with Gasteiger partial charge in [-0.2, -0.15) is 0 Å². The van der Waals surface area contributed by atoms with Crippen LogP contribution in [0.15, 0.2) is 0 Å². The van der Waals surface area contributed by atoms with Gasteiger partial charge in [0.15, 0.2) is 0 Å². The van der Waals surface area contributed by atoms with Crippen LogP contribution in [0.3, 0.4) is 0 Å². The van der Waals surface area contributed by atoms with Gasteiger partial charge in [-0.15, -0.1) is 0 Å². The van der Waals surface area contributed by atoms with E-state index in [0.717, 1.165) is 19.4 Å². The lowest BCUT2D eigenvalue weighted by molar-refractivity contribution is -0.138. The topological polar surface area (TPSA) is 78.4 Å². The van der Waals surface area contributed by atoms with Crippen LogP contribution in [0.2, 0.25) is 0 Å². The number of carboxylic acids is 1. The third kappa shape index (κ3) is 6.59. The lowest BCUT2D eigenvalue weighted by Crippen LogP contribution is -2.36. The molecule has 2 unspecified atom stereocenters. The van der Waals surface area contributed by atoms with E-state index < -0.39 is 5.97 Å². The molecule has 5 heteroatoms. The van der Waals surface area contributed by atoms with E-state index in [-0.39, 0.29) is 18.2 Å². The van der Waals surface area contributed by atoms with Gasteiger partial charge in [0.05, 0.1) is 0 Å². The summed E-state index contributed by atoms with van der Waals surface area (Å²) in [5, 5.41) is 14.8. The zero-order valence-electron chi connectivity index (χ0n) is 11.1. The minimum atomic E-state index is -0.817. The maximum absolute atomic E-state index is 11.6. The molecule has 0 aromatic heterocycles. The largest absolute Gasteiger partial charge is 0.481 e. The third-order valence-electron chi connectivity index (χ3n) is 3.30. The van der Waals surface area contributed by atoms with Gasteiger partial charge in [-0.05, 0) is 31.7 Å². The predicted octanol–water partition coefficient (Wildman–Crippen LogP) is 1.14. The molecule has 1 rings (SSSR count). The molecule has 0 aromatic rings. The highest BCUT2D eigenvalue weighted by molar-refractivity contribution is 5.76. The fourth-order valence-electron chi connectivity index (χ4n) is 2.22. The van der Waals surface area contributed by atoms with Gasteiger partial charge in [0, 0.05) is 25.4 Å². The maximum Gasteiger partial charge on any atom is 0.303 e. The second-order valence-electron chi connectivity index (χ2n) is 5.19. The molecule has 2 atom stereocenters. The number of hydrogen-bond acceptors (Lipinski definition) is 3. The first-order chi connectivity index (χ1) is 8.58. The standard InChI is InChI=1S/C13H24N2O3/c1-10(8-13(17)18)9-15-12(16)6-5-11-4-2-3-7-14-11/h10-11,14H,2-9H2,1H3,(H,15,16)(H,17,18). The average molecular weight is 256 g/mol. The number of piperidine rings is 1. The molecule has 1 amide bonds. The quantitative estimate of drug-likeness (QED) is 0.638. The normalized spacial score (nSPS) is 21.3. The number of amides is 1. The number of carbonyl (C=O) groups excluding carboxylic acids is 1. The summed E-state index contributed by atoms with van der Waals surface area (Å²) in [4.78, 5) is 22.1. The number of hydrogen-bond donors (Lipinski definition) is 3.